The van der Waals surface area contributed by atoms with Crippen LogP contribution in [0.25, 0.3) is 0 Å². The number of hydrogen-bond donors (Lipinski definition) is 2. The largest absolute Gasteiger partial charge is 0.331 e. The van der Waals surface area contributed by atoms with E-state index in [4.69, 9.17) is 12.2 Å². The predicted octanol–water partition coefficient (Wildman–Crippen LogP) is 4.60. The molecule has 0 aliphatic heterocycles. The average molecular weight is 417 g/mol. The van der Waals surface area contributed by atoms with Gasteiger partial charge in [0.2, 0.25) is 0 Å². The normalized spacial score (nSPS) is 10.7. The first-order valence-corrected chi connectivity index (χ1v) is 10.2. The van der Waals surface area contributed by atoms with Crippen molar-refractivity contribution < 1.29 is 0 Å². The first kappa shape index (κ1) is 19.8. The Bertz CT molecular complexity index is 1040. The molecular weight excluding hydrogens is 392 g/mol. The smallest absolute Gasteiger partial charge is 0.177 e. The minimum atomic E-state index is 0.455. The van der Waals surface area contributed by atoms with Crippen LogP contribution in [-0.4, -0.2) is 24.2 Å². The third-order valence-electron chi connectivity index (χ3n) is 4.72. The SMILES string of the molecule is Cc1ccc(Cn2cnc(NC(=S)Nc3cn(Cc4ccc(C)cc4)cn3)c2)cc1. The van der Waals surface area contributed by atoms with E-state index in [-0.39, 0.29) is 0 Å². The van der Waals surface area contributed by atoms with E-state index >= 15 is 0 Å². The van der Waals surface area contributed by atoms with Crippen molar-refractivity contribution in [1.29, 1.82) is 0 Å². The summed E-state index contributed by atoms with van der Waals surface area (Å²) in [6, 6.07) is 17.0. The van der Waals surface area contributed by atoms with Crippen LogP contribution in [0.1, 0.15) is 22.3 Å². The van der Waals surface area contributed by atoms with Crippen LogP contribution >= 0.6 is 12.2 Å². The first-order valence-electron chi connectivity index (χ1n) is 9.76. The Morgan fingerprint density at radius 3 is 1.53 bits per heavy atom. The van der Waals surface area contributed by atoms with Gasteiger partial charge in [-0.05, 0) is 37.2 Å². The molecule has 4 aromatic rings. The fraction of sp³-hybridized carbons (Fsp3) is 0.174. The van der Waals surface area contributed by atoms with Crippen molar-refractivity contribution >= 4 is 29.0 Å². The third kappa shape index (κ3) is 5.33. The summed E-state index contributed by atoms with van der Waals surface area (Å²) >= 11 is 5.40. The summed E-state index contributed by atoms with van der Waals surface area (Å²) in [5.74, 6) is 1.39. The van der Waals surface area contributed by atoms with E-state index in [1.165, 1.54) is 22.3 Å². The molecule has 0 fully saturated rings. The standard InChI is InChI=1S/C23H24N6S/c1-17-3-7-19(8-4-17)11-28-13-21(24-15-28)26-23(30)27-22-14-29(16-25-22)12-20-9-5-18(2)6-10-20/h3-10,13-16H,11-12H2,1-2H3,(H2,26,27,30). The van der Waals surface area contributed by atoms with E-state index in [0.29, 0.717) is 16.7 Å². The van der Waals surface area contributed by atoms with Crippen molar-refractivity contribution in [3.05, 3.63) is 95.8 Å². The number of rotatable bonds is 6. The lowest BCUT2D eigenvalue weighted by molar-refractivity contribution is 0.797. The van der Waals surface area contributed by atoms with Gasteiger partial charge in [0.1, 0.15) is 11.6 Å². The highest BCUT2D eigenvalue weighted by Crippen LogP contribution is 2.11. The molecular formula is C23H24N6S. The minimum Gasteiger partial charge on any atom is -0.331 e. The zero-order valence-electron chi connectivity index (χ0n) is 17.0. The van der Waals surface area contributed by atoms with Gasteiger partial charge in [-0.2, -0.15) is 0 Å². The van der Waals surface area contributed by atoms with Crippen molar-refractivity contribution in [3.8, 4) is 0 Å². The summed E-state index contributed by atoms with van der Waals surface area (Å²) < 4.78 is 4.04. The quantitative estimate of drug-likeness (QED) is 0.450. The fourth-order valence-electron chi connectivity index (χ4n) is 3.09. The van der Waals surface area contributed by atoms with E-state index in [2.05, 4.69) is 83.0 Å². The number of thiocarbonyl (C=S) groups is 1. The monoisotopic (exact) mass is 416 g/mol. The lowest BCUT2D eigenvalue weighted by atomic mass is 10.1. The number of nitrogens with one attached hydrogen (secondary N) is 2. The van der Waals surface area contributed by atoms with Gasteiger partial charge in [-0.3, -0.25) is 0 Å². The van der Waals surface area contributed by atoms with Crippen molar-refractivity contribution in [2.75, 3.05) is 10.6 Å². The van der Waals surface area contributed by atoms with E-state index < -0.39 is 0 Å². The number of nitrogens with zero attached hydrogens (tertiary/aromatic N) is 4. The Hall–Kier alpha value is -3.45. The van der Waals surface area contributed by atoms with Crippen LogP contribution in [0.2, 0.25) is 0 Å². The van der Waals surface area contributed by atoms with Crippen LogP contribution in [0.5, 0.6) is 0 Å². The maximum atomic E-state index is 5.40. The molecule has 0 atom stereocenters. The summed E-state index contributed by atoms with van der Waals surface area (Å²) in [6.07, 6.45) is 7.45. The Labute approximate surface area is 181 Å². The third-order valence-corrected chi connectivity index (χ3v) is 4.93. The van der Waals surface area contributed by atoms with Gasteiger partial charge in [0, 0.05) is 25.5 Å². The number of aromatic nitrogens is 4. The highest BCUT2D eigenvalue weighted by atomic mass is 32.1. The summed E-state index contributed by atoms with van der Waals surface area (Å²) in [4.78, 5) is 8.76. The van der Waals surface area contributed by atoms with Crippen molar-refractivity contribution in [3.63, 3.8) is 0 Å². The van der Waals surface area contributed by atoms with Crippen molar-refractivity contribution in [2.45, 2.75) is 26.9 Å². The molecule has 2 aromatic heterocycles. The second-order valence-electron chi connectivity index (χ2n) is 7.41. The molecule has 2 N–H and O–H groups in total. The molecule has 4 rings (SSSR count). The second-order valence-corrected chi connectivity index (χ2v) is 7.82. The zero-order valence-corrected chi connectivity index (χ0v) is 17.9. The molecule has 0 spiro atoms. The van der Waals surface area contributed by atoms with Crippen LogP contribution in [0.3, 0.4) is 0 Å². The highest BCUT2D eigenvalue weighted by Gasteiger charge is 2.05. The van der Waals surface area contributed by atoms with Gasteiger partial charge in [-0.25, -0.2) is 9.97 Å². The van der Waals surface area contributed by atoms with Crippen LogP contribution in [0.15, 0.2) is 73.6 Å². The molecule has 6 nitrogen and oxygen atoms in total. The van der Waals surface area contributed by atoms with Crippen molar-refractivity contribution in [1.82, 2.24) is 19.1 Å². The molecule has 152 valence electrons. The molecule has 0 saturated carbocycles. The average Bonchev–Trinajstić information content (AvgIpc) is 3.35. The number of benzene rings is 2. The maximum Gasteiger partial charge on any atom is 0.177 e. The van der Waals surface area contributed by atoms with E-state index in [0.717, 1.165) is 13.1 Å². The molecule has 0 aliphatic carbocycles. The first-order chi connectivity index (χ1) is 14.5. The van der Waals surface area contributed by atoms with Gasteiger partial charge in [0.05, 0.1) is 12.7 Å². The summed E-state index contributed by atoms with van der Waals surface area (Å²) in [7, 11) is 0. The van der Waals surface area contributed by atoms with Crippen LogP contribution in [-0.2, 0) is 13.1 Å². The molecule has 0 aliphatic rings. The molecule has 30 heavy (non-hydrogen) atoms. The molecule has 0 saturated heterocycles. The Kier molecular flexibility index (Phi) is 5.90. The number of imidazole rings is 2. The van der Waals surface area contributed by atoms with Gasteiger partial charge in [-0.1, -0.05) is 59.7 Å². The van der Waals surface area contributed by atoms with Gasteiger partial charge in [-0.15, -0.1) is 0 Å². The molecule has 7 heteroatoms. The number of aryl methyl sites for hydroxylation is 2. The lowest BCUT2D eigenvalue weighted by Crippen LogP contribution is -2.19. The van der Waals surface area contributed by atoms with E-state index in [9.17, 15) is 0 Å². The Morgan fingerprint density at radius 2 is 1.13 bits per heavy atom. The van der Waals surface area contributed by atoms with Gasteiger partial charge in [0.25, 0.3) is 0 Å². The second kappa shape index (κ2) is 8.92. The molecule has 0 bridgehead atoms. The molecule has 0 amide bonds. The summed E-state index contributed by atoms with van der Waals surface area (Å²) in [6.45, 7) is 5.70. The Morgan fingerprint density at radius 1 is 0.733 bits per heavy atom. The molecule has 2 heterocycles. The predicted molar refractivity (Wildman–Crippen MR) is 125 cm³/mol. The number of anilines is 2. The molecule has 0 unspecified atom stereocenters. The van der Waals surface area contributed by atoms with Gasteiger partial charge >= 0.3 is 0 Å². The molecule has 0 radical (unpaired) electrons. The van der Waals surface area contributed by atoms with Crippen LogP contribution in [0.4, 0.5) is 11.6 Å². The van der Waals surface area contributed by atoms with E-state index in [1.807, 2.05) is 21.5 Å². The zero-order chi connectivity index (χ0) is 20.9. The number of hydrogen-bond acceptors (Lipinski definition) is 3. The fourth-order valence-corrected chi connectivity index (χ4v) is 3.30. The van der Waals surface area contributed by atoms with Crippen LogP contribution < -0.4 is 10.6 Å². The summed E-state index contributed by atoms with van der Waals surface area (Å²) in [5, 5.41) is 6.67. The lowest BCUT2D eigenvalue weighted by Gasteiger charge is -2.06. The van der Waals surface area contributed by atoms with Gasteiger partial charge in [0.15, 0.2) is 5.11 Å². The van der Waals surface area contributed by atoms with Crippen molar-refractivity contribution in [2.24, 2.45) is 0 Å². The van der Waals surface area contributed by atoms with Gasteiger partial charge < -0.3 is 19.8 Å². The minimum absolute atomic E-state index is 0.455. The molecule has 2 aromatic carbocycles. The topological polar surface area (TPSA) is 59.7 Å². The maximum absolute atomic E-state index is 5.40. The summed E-state index contributed by atoms with van der Waals surface area (Å²) in [5.41, 5.74) is 4.96. The van der Waals surface area contributed by atoms with Crippen LogP contribution in [0, 0.1) is 13.8 Å². The van der Waals surface area contributed by atoms with E-state index in [1.54, 1.807) is 12.7 Å². The highest BCUT2D eigenvalue weighted by molar-refractivity contribution is 7.80. The Balaban J connectivity index is 1.30.